The molecule has 0 radical (unpaired) electrons. The third kappa shape index (κ3) is 1.27. The van der Waals surface area contributed by atoms with Gasteiger partial charge in [-0.1, -0.05) is 6.92 Å². The molecule has 0 aliphatic heterocycles. The average molecular weight is 196 g/mol. The number of nitrogen functional groups attached to an aromatic ring is 1. The monoisotopic (exact) mass is 196 g/mol. The normalized spacial score (nSPS) is 19.0. The van der Waals surface area contributed by atoms with E-state index in [1.165, 1.54) is 16.0 Å². The Hall–Kier alpha value is -0.540. The van der Waals surface area contributed by atoms with Crippen molar-refractivity contribution in [1.29, 1.82) is 0 Å². The van der Waals surface area contributed by atoms with Gasteiger partial charge in [0.2, 0.25) is 0 Å². The van der Waals surface area contributed by atoms with Crippen molar-refractivity contribution in [2.24, 2.45) is 5.73 Å². The van der Waals surface area contributed by atoms with Crippen LogP contribution in [0.4, 0.5) is 5.00 Å². The summed E-state index contributed by atoms with van der Waals surface area (Å²) in [6.07, 6.45) is 3.24. The molecule has 1 aromatic heterocycles. The van der Waals surface area contributed by atoms with Crippen molar-refractivity contribution in [3.05, 3.63) is 16.0 Å². The second-order valence-electron chi connectivity index (χ2n) is 3.89. The molecule has 1 saturated carbocycles. The summed E-state index contributed by atoms with van der Waals surface area (Å²) in [5.41, 5.74) is 14.7. The van der Waals surface area contributed by atoms with Crippen molar-refractivity contribution in [3.8, 4) is 0 Å². The van der Waals surface area contributed by atoms with Gasteiger partial charge in [-0.3, -0.25) is 0 Å². The zero-order chi connectivity index (χ0) is 9.64. The molecule has 4 N–H and O–H groups in total. The summed E-state index contributed by atoms with van der Waals surface area (Å²) in [6, 6.07) is 0. The summed E-state index contributed by atoms with van der Waals surface area (Å²) in [5.74, 6) is 0. The first-order valence-corrected chi connectivity index (χ1v) is 5.57. The highest BCUT2D eigenvalue weighted by molar-refractivity contribution is 7.16. The van der Waals surface area contributed by atoms with Crippen LogP contribution in [0.3, 0.4) is 0 Å². The van der Waals surface area contributed by atoms with Gasteiger partial charge in [0.1, 0.15) is 0 Å². The van der Waals surface area contributed by atoms with Crippen molar-refractivity contribution >= 4 is 16.3 Å². The van der Waals surface area contributed by atoms with E-state index in [-0.39, 0.29) is 5.54 Å². The summed E-state index contributed by atoms with van der Waals surface area (Å²) in [6.45, 7) is 4.30. The lowest BCUT2D eigenvalue weighted by molar-refractivity contribution is 0.733. The van der Waals surface area contributed by atoms with Crippen LogP contribution in [-0.2, 0) is 12.0 Å². The summed E-state index contributed by atoms with van der Waals surface area (Å²) >= 11 is 1.69. The molecule has 1 aliphatic carbocycles. The smallest absolute Gasteiger partial charge is 0.0913 e. The quantitative estimate of drug-likeness (QED) is 0.761. The Bertz CT molecular complexity index is 337. The molecule has 1 aromatic rings. The van der Waals surface area contributed by atoms with Gasteiger partial charge in [0, 0.05) is 16.0 Å². The van der Waals surface area contributed by atoms with E-state index in [0.29, 0.717) is 0 Å². The molecule has 0 saturated heterocycles. The molecule has 0 spiro atoms. The first-order valence-electron chi connectivity index (χ1n) is 4.75. The van der Waals surface area contributed by atoms with E-state index < -0.39 is 0 Å². The van der Waals surface area contributed by atoms with Gasteiger partial charge < -0.3 is 11.5 Å². The van der Waals surface area contributed by atoms with Gasteiger partial charge in [-0.25, -0.2) is 0 Å². The molecule has 0 aromatic carbocycles. The Morgan fingerprint density at radius 1 is 1.46 bits per heavy atom. The summed E-state index contributed by atoms with van der Waals surface area (Å²) in [4.78, 5) is 1.34. The van der Waals surface area contributed by atoms with E-state index in [4.69, 9.17) is 11.5 Å². The molecule has 2 rings (SSSR count). The molecule has 1 heterocycles. The van der Waals surface area contributed by atoms with Gasteiger partial charge in [-0.05, 0) is 31.7 Å². The fourth-order valence-electron chi connectivity index (χ4n) is 1.96. The molecule has 0 unspecified atom stereocenters. The van der Waals surface area contributed by atoms with E-state index in [0.717, 1.165) is 24.3 Å². The molecular formula is C10H16N2S. The van der Waals surface area contributed by atoms with E-state index in [1.807, 2.05) is 0 Å². The molecular weight excluding hydrogens is 180 g/mol. The van der Waals surface area contributed by atoms with Crippen LogP contribution < -0.4 is 11.5 Å². The van der Waals surface area contributed by atoms with Gasteiger partial charge in [-0.2, -0.15) is 0 Å². The third-order valence-electron chi connectivity index (χ3n) is 2.88. The molecule has 2 nitrogen and oxygen atoms in total. The molecule has 1 fully saturated rings. The zero-order valence-electron chi connectivity index (χ0n) is 8.18. The Kier molecular flexibility index (Phi) is 1.89. The molecule has 3 heteroatoms. The first kappa shape index (κ1) is 9.03. The maximum atomic E-state index is 6.19. The SMILES string of the molecule is CCc1c(C)sc(N)c1C1(N)CC1. The van der Waals surface area contributed by atoms with Crippen molar-refractivity contribution < 1.29 is 0 Å². The largest absolute Gasteiger partial charge is 0.390 e. The predicted octanol–water partition coefficient (Wildman–Crippen LogP) is 2.15. The minimum atomic E-state index is -0.0693. The fraction of sp³-hybridized carbons (Fsp3) is 0.600. The standard InChI is InChI=1S/C10H16N2S/c1-3-7-6(2)13-9(11)8(7)10(12)4-5-10/h3-5,11-12H2,1-2H3. The molecule has 0 bridgehead atoms. The number of aryl methyl sites for hydroxylation is 1. The maximum Gasteiger partial charge on any atom is 0.0913 e. The number of rotatable bonds is 2. The van der Waals surface area contributed by atoms with Crippen LogP contribution in [0.1, 0.15) is 35.8 Å². The van der Waals surface area contributed by atoms with Crippen molar-refractivity contribution in [3.63, 3.8) is 0 Å². The number of nitrogens with two attached hydrogens (primary N) is 2. The average Bonchev–Trinajstić information content (AvgIpc) is 2.71. The molecule has 13 heavy (non-hydrogen) atoms. The summed E-state index contributed by atoms with van der Waals surface area (Å²) in [5, 5.41) is 0.939. The Morgan fingerprint density at radius 2 is 2.08 bits per heavy atom. The van der Waals surface area contributed by atoms with E-state index in [9.17, 15) is 0 Å². The van der Waals surface area contributed by atoms with Crippen molar-refractivity contribution in [2.45, 2.75) is 38.6 Å². The van der Waals surface area contributed by atoms with Crippen molar-refractivity contribution in [2.75, 3.05) is 5.73 Å². The van der Waals surface area contributed by atoms with E-state index in [2.05, 4.69) is 13.8 Å². The molecule has 1 aliphatic rings. The summed E-state index contributed by atoms with van der Waals surface area (Å²) < 4.78 is 0. The van der Waals surface area contributed by atoms with Crippen LogP contribution in [0.25, 0.3) is 0 Å². The van der Waals surface area contributed by atoms with Gasteiger partial charge in [0.25, 0.3) is 0 Å². The molecule has 72 valence electrons. The van der Waals surface area contributed by atoms with Gasteiger partial charge in [0.15, 0.2) is 0 Å². The number of anilines is 1. The van der Waals surface area contributed by atoms with Crippen LogP contribution in [0, 0.1) is 6.92 Å². The predicted molar refractivity (Wildman–Crippen MR) is 57.9 cm³/mol. The highest BCUT2D eigenvalue weighted by Gasteiger charge is 2.43. The minimum Gasteiger partial charge on any atom is -0.390 e. The Morgan fingerprint density at radius 3 is 2.54 bits per heavy atom. The number of hydrogen-bond donors (Lipinski definition) is 2. The topological polar surface area (TPSA) is 52.0 Å². The maximum absolute atomic E-state index is 6.19. The molecule has 0 amide bonds. The second-order valence-corrected chi connectivity index (χ2v) is 5.14. The number of hydrogen-bond acceptors (Lipinski definition) is 3. The van der Waals surface area contributed by atoms with Crippen LogP contribution in [-0.4, -0.2) is 0 Å². The summed E-state index contributed by atoms with van der Waals surface area (Å²) in [7, 11) is 0. The molecule has 0 atom stereocenters. The van der Waals surface area contributed by atoms with E-state index in [1.54, 1.807) is 11.3 Å². The van der Waals surface area contributed by atoms with Gasteiger partial charge in [0.05, 0.1) is 5.00 Å². The Balaban J connectivity index is 2.54. The highest BCUT2D eigenvalue weighted by atomic mass is 32.1. The minimum absolute atomic E-state index is 0.0693. The second kappa shape index (κ2) is 2.72. The lowest BCUT2D eigenvalue weighted by atomic mass is 10.00. The van der Waals surface area contributed by atoms with E-state index >= 15 is 0 Å². The highest BCUT2D eigenvalue weighted by Crippen LogP contribution is 2.49. The van der Waals surface area contributed by atoms with Crippen LogP contribution in [0.15, 0.2) is 0 Å². The lowest BCUT2D eigenvalue weighted by Gasteiger charge is -2.11. The third-order valence-corrected chi connectivity index (χ3v) is 3.85. The zero-order valence-corrected chi connectivity index (χ0v) is 9.00. The van der Waals surface area contributed by atoms with Crippen LogP contribution in [0.5, 0.6) is 0 Å². The van der Waals surface area contributed by atoms with Gasteiger partial charge in [-0.15, -0.1) is 11.3 Å². The van der Waals surface area contributed by atoms with Gasteiger partial charge >= 0.3 is 0 Å². The lowest BCUT2D eigenvalue weighted by Crippen LogP contribution is -2.21. The van der Waals surface area contributed by atoms with Crippen molar-refractivity contribution in [1.82, 2.24) is 0 Å². The number of thiophene rings is 1. The van der Waals surface area contributed by atoms with Crippen LogP contribution >= 0.6 is 11.3 Å². The fourth-order valence-corrected chi connectivity index (χ4v) is 3.09. The van der Waals surface area contributed by atoms with Crippen LogP contribution in [0.2, 0.25) is 0 Å². The Labute approximate surface area is 82.9 Å². The first-order chi connectivity index (χ1) is 6.08.